The van der Waals surface area contributed by atoms with Crippen LogP contribution >= 0.6 is 0 Å². The van der Waals surface area contributed by atoms with E-state index >= 15 is 0 Å². The molecular weight excluding hydrogens is 276 g/mol. The van der Waals surface area contributed by atoms with E-state index in [2.05, 4.69) is 26.8 Å². The second kappa shape index (κ2) is 6.75. The van der Waals surface area contributed by atoms with Crippen LogP contribution in [0.15, 0.2) is 42.5 Å². The van der Waals surface area contributed by atoms with Gasteiger partial charge in [0.25, 0.3) is 0 Å². The molecule has 0 saturated carbocycles. The standard InChI is InChI=1S/C19H22O3/c1-19(2,3)17-11-15(14-8-6-5-7-9-14)10-16(12-20)18(17)22-13-21-4/h5-12H,13H2,1-4H3. The first-order valence-electron chi connectivity index (χ1n) is 7.28. The van der Waals surface area contributed by atoms with E-state index in [0.29, 0.717) is 11.3 Å². The topological polar surface area (TPSA) is 35.5 Å². The minimum atomic E-state index is -0.147. The second-order valence-corrected chi connectivity index (χ2v) is 6.23. The van der Waals surface area contributed by atoms with Crippen molar-refractivity contribution >= 4 is 6.29 Å². The van der Waals surface area contributed by atoms with Crippen molar-refractivity contribution in [2.45, 2.75) is 26.2 Å². The fourth-order valence-electron chi connectivity index (χ4n) is 2.37. The zero-order valence-corrected chi connectivity index (χ0v) is 13.6. The Morgan fingerprint density at radius 2 is 1.73 bits per heavy atom. The molecule has 0 atom stereocenters. The summed E-state index contributed by atoms with van der Waals surface area (Å²) in [7, 11) is 1.57. The molecule has 0 bridgehead atoms. The summed E-state index contributed by atoms with van der Waals surface area (Å²) in [5.74, 6) is 0.601. The van der Waals surface area contributed by atoms with Crippen molar-refractivity contribution < 1.29 is 14.3 Å². The van der Waals surface area contributed by atoms with E-state index in [1.165, 1.54) is 0 Å². The molecule has 2 aromatic rings. The predicted octanol–water partition coefficient (Wildman–Crippen LogP) is 4.45. The van der Waals surface area contributed by atoms with E-state index in [9.17, 15) is 4.79 Å². The molecule has 0 aliphatic carbocycles. The van der Waals surface area contributed by atoms with Gasteiger partial charge in [-0.15, -0.1) is 0 Å². The lowest BCUT2D eigenvalue weighted by atomic mass is 9.83. The highest BCUT2D eigenvalue weighted by atomic mass is 16.7. The van der Waals surface area contributed by atoms with Gasteiger partial charge in [0, 0.05) is 12.7 Å². The third-order valence-electron chi connectivity index (χ3n) is 3.48. The Hall–Kier alpha value is -2.13. The number of methoxy groups -OCH3 is 1. The van der Waals surface area contributed by atoms with E-state index < -0.39 is 0 Å². The molecule has 0 aliphatic rings. The molecule has 2 rings (SSSR count). The summed E-state index contributed by atoms with van der Waals surface area (Å²) >= 11 is 0. The first-order valence-corrected chi connectivity index (χ1v) is 7.28. The van der Waals surface area contributed by atoms with Crippen LogP contribution in [0.2, 0.25) is 0 Å². The molecule has 0 amide bonds. The average molecular weight is 298 g/mol. The lowest BCUT2D eigenvalue weighted by molar-refractivity contribution is 0.0492. The number of hydrogen-bond acceptors (Lipinski definition) is 3. The Balaban J connectivity index is 2.63. The summed E-state index contributed by atoms with van der Waals surface area (Å²) in [5, 5.41) is 0. The number of hydrogen-bond donors (Lipinski definition) is 0. The third kappa shape index (κ3) is 3.55. The number of carbonyl (C=O) groups is 1. The Morgan fingerprint density at radius 3 is 2.27 bits per heavy atom. The molecule has 0 N–H and O–H groups in total. The molecule has 0 unspecified atom stereocenters. The maximum absolute atomic E-state index is 11.5. The van der Waals surface area contributed by atoms with Crippen molar-refractivity contribution in [2.24, 2.45) is 0 Å². The van der Waals surface area contributed by atoms with Gasteiger partial charge in [-0.25, -0.2) is 0 Å². The molecule has 116 valence electrons. The molecule has 0 radical (unpaired) electrons. The molecule has 0 spiro atoms. The van der Waals surface area contributed by atoms with Crippen LogP contribution in [0, 0.1) is 0 Å². The van der Waals surface area contributed by atoms with Gasteiger partial charge in [0.1, 0.15) is 5.75 Å². The van der Waals surface area contributed by atoms with Crippen LogP contribution < -0.4 is 4.74 Å². The predicted molar refractivity (Wildman–Crippen MR) is 88.5 cm³/mol. The van der Waals surface area contributed by atoms with E-state index in [4.69, 9.17) is 9.47 Å². The van der Waals surface area contributed by atoms with Crippen LogP contribution in [0.4, 0.5) is 0 Å². The van der Waals surface area contributed by atoms with Gasteiger partial charge in [-0.2, -0.15) is 0 Å². The van der Waals surface area contributed by atoms with Gasteiger partial charge in [-0.05, 0) is 28.7 Å². The van der Waals surface area contributed by atoms with Gasteiger partial charge in [0.2, 0.25) is 0 Å². The number of rotatable bonds is 5. The van der Waals surface area contributed by atoms with Crippen molar-refractivity contribution in [2.75, 3.05) is 13.9 Å². The average Bonchev–Trinajstić information content (AvgIpc) is 2.52. The number of carbonyl (C=O) groups excluding carboxylic acids is 1. The third-order valence-corrected chi connectivity index (χ3v) is 3.48. The summed E-state index contributed by atoms with van der Waals surface area (Å²) in [6.45, 7) is 6.43. The number of aldehydes is 1. The maximum atomic E-state index is 11.5. The summed E-state index contributed by atoms with van der Waals surface area (Å²) in [4.78, 5) is 11.5. The lowest BCUT2D eigenvalue weighted by Gasteiger charge is -2.25. The summed E-state index contributed by atoms with van der Waals surface area (Å²) in [6.07, 6.45) is 0.840. The van der Waals surface area contributed by atoms with Gasteiger partial charge in [-0.3, -0.25) is 4.79 Å². The smallest absolute Gasteiger partial charge is 0.188 e. The summed E-state index contributed by atoms with van der Waals surface area (Å²) in [5.41, 5.74) is 3.48. The highest BCUT2D eigenvalue weighted by Gasteiger charge is 2.23. The van der Waals surface area contributed by atoms with E-state index in [1.54, 1.807) is 7.11 Å². The number of ether oxygens (including phenoxy) is 2. The van der Waals surface area contributed by atoms with Crippen LogP contribution in [0.5, 0.6) is 5.75 Å². The van der Waals surface area contributed by atoms with Crippen LogP contribution in [-0.2, 0) is 10.2 Å². The molecule has 0 fully saturated rings. The van der Waals surface area contributed by atoms with Gasteiger partial charge < -0.3 is 9.47 Å². The molecule has 2 aromatic carbocycles. The SMILES string of the molecule is COCOc1c(C=O)cc(-c2ccccc2)cc1C(C)(C)C. The van der Waals surface area contributed by atoms with Crippen LogP contribution in [0.1, 0.15) is 36.7 Å². The zero-order valence-electron chi connectivity index (χ0n) is 13.6. The Bertz CT molecular complexity index is 640. The highest BCUT2D eigenvalue weighted by molar-refractivity contribution is 5.84. The lowest BCUT2D eigenvalue weighted by Crippen LogP contribution is -2.16. The van der Waals surface area contributed by atoms with Crippen LogP contribution in [0.3, 0.4) is 0 Å². The maximum Gasteiger partial charge on any atom is 0.188 e. The molecule has 0 aliphatic heterocycles. The van der Waals surface area contributed by atoms with Crippen molar-refractivity contribution in [3.8, 4) is 16.9 Å². The minimum Gasteiger partial charge on any atom is -0.467 e. The van der Waals surface area contributed by atoms with Gasteiger partial charge in [-0.1, -0.05) is 51.1 Å². The highest BCUT2D eigenvalue weighted by Crippen LogP contribution is 2.37. The Kier molecular flexibility index (Phi) is 4.99. The van der Waals surface area contributed by atoms with Crippen molar-refractivity contribution in [1.82, 2.24) is 0 Å². The molecule has 0 aromatic heterocycles. The first-order chi connectivity index (χ1) is 10.5. The minimum absolute atomic E-state index is 0.120. The normalized spacial score (nSPS) is 11.3. The van der Waals surface area contributed by atoms with E-state index in [0.717, 1.165) is 23.0 Å². The quantitative estimate of drug-likeness (QED) is 0.604. The fourth-order valence-corrected chi connectivity index (χ4v) is 2.37. The van der Waals surface area contributed by atoms with E-state index in [-0.39, 0.29) is 12.2 Å². The molecule has 0 saturated heterocycles. The van der Waals surface area contributed by atoms with Crippen molar-refractivity contribution in [3.63, 3.8) is 0 Å². The van der Waals surface area contributed by atoms with Crippen molar-refractivity contribution in [3.05, 3.63) is 53.6 Å². The van der Waals surface area contributed by atoms with Crippen molar-refractivity contribution in [1.29, 1.82) is 0 Å². The Morgan fingerprint density at radius 1 is 1.05 bits per heavy atom. The second-order valence-electron chi connectivity index (χ2n) is 6.23. The molecular formula is C19H22O3. The summed E-state index contributed by atoms with van der Waals surface area (Å²) in [6, 6.07) is 14.0. The molecule has 0 heterocycles. The zero-order chi connectivity index (χ0) is 16.2. The van der Waals surface area contributed by atoms with Gasteiger partial charge in [0.15, 0.2) is 13.1 Å². The van der Waals surface area contributed by atoms with Gasteiger partial charge >= 0.3 is 0 Å². The van der Waals surface area contributed by atoms with Gasteiger partial charge in [0.05, 0.1) is 5.56 Å². The molecule has 3 heteroatoms. The molecule has 3 nitrogen and oxygen atoms in total. The fraction of sp³-hybridized carbons (Fsp3) is 0.316. The molecule has 22 heavy (non-hydrogen) atoms. The largest absolute Gasteiger partial charge is 0.467 e. The Labute approximate surface area is 131 Å². The van der Waals surface area contributed by atoms with E-state index in [1.807, 2.05) is 36.4 Å². The monoisotopic (exact) mass is 298 g/mol. The number of benzene rings is 2. The van der Waals surface area contributed by atoms with Crippen LogP contribution in [0.25, 0.3) is 11.1 Å². The van der Waals surface area contributed by atoms with Crippen LogP contribution in [-0.4, -0.2) is 20.2 Å². The first kappa shape index (κ1) is 16.2. The summed E-state index contributed by atoms with van der Waals surface area (Å²) < 4.78 is 10.7.